The summed E-state index contributed by atoms with van der Waals surface area (Å²) in [5.41, 5.74) is 0.429. The lowest BCUT2D eigenvalue weighted by molar-refractivity contribution is -0.146. The minimum atomic E-state index is -0.873. The number of hydrogen-bond acceptors (Lipinski definition) is 7. The van der Waals surface area contributed by atoms with Crippen molar-refractivity contribution in [2.24, 2.45) is 0 Å². The van der Waals surface area contributed by atoms with E-state index < -0.39 is 17.5 Å². The van der Waals surface area contributed by atoms with Crippen molar-refractivity contribution in [2.75, 3.05) is 27.4 Å². The largest absolute Gasteiger partial charge is 0.497 e. The number of rotatable bonds is 10. The van der Waals surface area contributed by atoms with Crippen LogP contribution >= 0.6 is 0 Å². The second-order valence-corrected chi connectivity index (χ2v) is 5.19. The van der Waals surface area contributed by atoms with Crippen LogP contribution in [0.4, 0.5) is 0 Å². The monoisotopic (exact) mass is 364 g/mol. The summed E-state index contributed by atoms with van der Waals surface area (Å²) in [7, 11) is 3.08. The molecule has 1 aromatic carbocycles. The molecule has 26 heavy (non-hydrogen) atoms. The smallest absolute Gasteiger partial charge is 0.345 e. The maximum Gasteiger partial charge on any atom is 0.345 e. The van der Waals surface area contributed by atoms with Gasteiger partial charge in [0.05, 0.1) is 27.4 Å². The summed E-state index contributed by atoms with van der Waals surface area (Å²) in [5.74, 6) is -0.908. The quantitative estimate of drug-likeness (QED) is 0.272. The van der Waals surface area contributed by atoms with Gasteiger partial charge in [0.15, 0.2) is 5.78 Å². The number of esters is 2. The lowest BCUT2D eigenvalue weighted by Gasteiger charge is -2.08. The first-order chi connectivity index (χ1) is 12.4. The summed E-state index contributed by atoms with van der Waals surface area (Å²) in [6.07, 6.45) is 1.47. The van der Waals surface area contributed by atoms with Gasteiger partial charge in [-0.25, -0.2) is 9.59 Å². The molecule has 0 saturated carbocycles. The highest BCUT2D eigenvalue weighted by Crippen LogP contribution is 2.23. The second kappa shape index (κ2) is 10.9. The Labute approximate surface area is 152 Å². The topological polar surface area (TPSA) is 88.1 Å². The number of ketones is 1. The Balaban J connectivity index is 2.88. The number of ether oxygens (including phenoxy) is 4. The molecule has 1 rings (SSSR count). The number of hydrogen-bond donors (Lipinski definition) is 0. The van der Waals surface area contributed by atoms with E-state index in [1.165, 1.54) is 14.2 Å². The lowest BCUT2D eigenvalue weighted by Crippen LogP contribution is -2.19. The van der Waals surface area contributed by atoms with E-state index in [1.807, 2.05) is 0 Å². The van der Waals surface area contributed by atoms with Crippen LogP contribution in [0.1, 0.15) is 25.8 Å². The summed E-state index contributed by atoms with van der Waals surface area (Å²) in [6, 6.07) is 5.30. The molecule has 0 N–H and O–H groups in total. The Hall–Kier alpha value is -2.83. The number of carbonyl (C=O) groups is 3. The van der Waals surface area contributed by atoms with Crippen molar-refractivity contribution in [2.45, 2.75) is 26.7 Å². The van der Waals surface area contributed by atoms with Gasteiger partial charge in [-0.05, 0) is 38.0 Å². The molecule has 142 valence electrons. The van der Waals surface area contributed by atoms with E-state index in [1.54, 1.807) is 32.0 Å². The third kappa shape index (κ3) is 6.58. The van der Waals surface area contributed by atoms with Gasteiger partial charge in [-0.3, -0.25) is 4.79 Å². The molecule has 1 aromatic rings. The van der Waals surface area contributed by atoms with Gasteiger partial charge < -0.3 is 18.9 Å². The van der Waals surface area contributed by atoms with E-state index >= 15 is 0 Å². The van der Waals surface area contributed by atoms with Crippen LogP contribution in [0.5, 0.6) is 11.5 Å². The number of benzene rings is 1. The van der Waals surface area contributed by atoms with Crippen LogP contribution in [0.3, 0.4) is 0 Å². The van der Waals surface area contributed by atoms with Crippen molar-refractivity contribution < 1.29 is 33.3 Å². The fourth-order valence-electron chi connectivity index (χ4n) is 2.13. The fourth-order valence-corrected chi connectivity index (χ4v) is 2.13. The third-order valence-electron chi connectivity index (χ3n) is 3.37. The maximum absolute atomic E-state index is 12.2. The highest BCUT2D eigenvalue weighted by molar-refractivity contribution is 6.17. The fraction of sp³-hybridized carbons (Fsp3) is 0.421. The van der Waals surface area contributed by atoms with Gasteiger partial charge in [-0.1, -0.05) is 0 Å². The Morgan fingerprint density at radius 1 is 0.885 bits per heavy atom. The number of aryl methyl sites for hydroxylation is 1. The van der Waals surface area contributed by atoms with Gasteiger partial charge in [0, 0.05) is 18.6 Å². The molecule has 0 amide bonds. The van der Waals surface area contributed by atoms with Crippen LogP contribution in [0.25, 0.3) is 0 Å². The standard InChI is InChI=1S/C19H24O7/c1-5-25-18(21)17(19(22)26-6-2)11-14(20)8-7-13-9-15(23-3)12-16(10-13)24-4/h9-12H,5-8H2,1-4H3. The molecule has 7 heteroatoms. The zero-order chi connectivity index (χ0) is 19.5. The average Bonchev–Trinajstić information content (AvgIpc) is 2.64. The second-order valence-electron chi connectivity index (χ2n) is 5.19. The van der Waals surface area contributed by atoms with E-state index in [0.717, 1.165) is 11.6 Å². The zero-order valence-electron chi connectivity index (χ0n) is 15.5. The van der Waals surface area contributed by atoms with Crippen molar-refractivity contribution in [3.63, 3.8) is 0 Å². The van der Waals surface area contributed by atoms with Crippen molar-refractivity contribution in [3.8, 4) is 11.5 Å². The summed E-state index contributed by atoms with van der Waals surface area (Å²) >= 11 is 0. The van der Waals surface area contributed by atoms with Gasteiger partial charge >= 0.3 is 11.9 Å². The molecule has 0 aliphatic carbocycles. The first-order valence-corrected chi connectivity index (χ1v) is 8.25. The number of allylic oxidation sites excluding steroid dienone is 1. The highest BCUT2D eigenvalue weighted by atomic mass is 16.6. The normalized spacial score (nSPS) is 9.85. The molecule has 0 fully saturated rings. The Kier molecular flexibility index (Phi) is 8.91. The molecule has 0 spiro atoms. The Bertz CT molecular complexity index is 634. The van der Waals surface area contributed by atoms with Crippen LogP contribution in [-0.4, -0.2) is 45.2 Å². The summed E-state index contributed by atoms with van der Waals surface area (Å²) < 4.78 is 20.0. The van der Waals surface area contributed by atoms with Crippen LogP contribution in [0.2, 0.25) is 0 Å². The first kappa shape index (κ1) is 21.2. The van der Waals surface area contributed by atoms with Gasteiger partial charge in [-0.15, -0.1) is 0 Å². The van der Waals surface area contributed by atoms with Gasteiger partial charge in [0.1, 0.15) is 17.1 Å². The van der Waals surface area contributed by atoms with E-state index in [-0.39, 0.29) is 25.4 Å². The van der Waals surface area contributed by atoms with Crippen molar-refractivity contribution in [1.29, 1.82) is 0 Å². The van der Waals surface area contributed by atoms with Crippen molar-refractivity contribution in [3.05, 3.63) is 35.4 Å². The maximum atomic E-state index is 12.2. The molecular weight excluding hydrogens is 340 g/mol. The van der Waals surface area contributed by atoms with Crippen LogP contribution in [-0.2, 0) is 30.3 Å². The van der Waals surface area contributed by atoms with Gasteiger partial charge in [0.2, 0.25) is 0 Å². The average molecular weight is 364 g/mol. The van der Waals surface area contributed by atoms with Crippen LogP contribution < -0.4 is 9.47 Å². The predicted octanol–water partition coefficient (Wildman–Crippen LogP) is 2.26. The van der Waals surface area contributed by atoms with E-state index in [4.69, 9.17) is 18.9 Å². The SMILES string of the molecule is CCOC(=O)C(=CC(=O)CCc1cc(OC)cc(OC)c1)C(=O)OCC. The van der Waals surface area contributed by atoms with Crippen LogP contribution in [0, 0.1) is 0 Å². The minimum absolute atomic E-state index is 0.0906. The predicted molar refractivity (Wildman–Crippen MR) is 94.2 cm³/mol. The third-order valence-corrected chi connectivity index (χ3v) is 3.37. The molecular formula is C19H24O7. The van der Waals surface area contributed by atoms with E-state index in [0.29, 0.717) is 17.9 Å². The van der Waals surface area contributed by atoms with E-state index in [2.05, 4.69) is 0 Å². The Morgan fingerprint density at radius 2 is 1.38 bits per heavy atom. The summed E-state index contributed by atoms with van der Waals surface area (Å²) in [5, 5.41) is 0. The minimum Gasteiger partial charge on any atom is -0.497 e. The molecule has 0 bridgehead atoms. The molecule has 7 nitrogen and oxygen atoms in total. The molecule has 0 radical (unpaired) electrons. The Morgan fingerprint density at radius 3 is 1.81 bits per heavy atom. The highest BCUT2D eigenvalue weighted by Gasteiger charge is 2.22. The van der Waals surface area contributed by atoms with E-state index in [9.17, 15) is 14.4 Å². The van der Waals surface area contributed by atoms with Gasteiger partial charge in [0.25, 0.3) is 0 Å². The molecule has 0 heterocycles. The number of methoxy groups -OCH3 is 2. The van der Waals surface area contributed by atoms with Crippen LogP contribution in [0.15, 0.2) is 29.8 Å². The first-order valence-electron chi connectivity index (χ1n) is 8.25. The summed E-state index contributed by atoms with van der Waals surface area (Å²) in [4.78, 5) is 35.9. The number of carbonyl (C=O) groups excluding carboxylic acids is 3. The molecule has 0 atom stereocenters. The van der Waals surface area contributed by atoms with Crippen molar-refractivity contribution >= 4 is 17.7 Å². The summed E-state index contributed by atoms with van der Waals surface area (Å²) in [6.45, 7) is 3.40. The molecule has 0 aliphatic rings. The lowest BCUT2D eigenvalue weighted by atomic mass is 10.1. The molecule has 0 aliphatic heterocycles. The zero-order valence-corrected chi connectivity index (χ0v) is 15.5. The van der Waals surface area contributed by atoms with Crippen molar-refractivity contribution in [1.82, 2.24) is 0 Å². The molecule has 0 aromatic heterocycles. The molecule has 0 unspecified atom stereocenters. The van der Waals surface area contributed by atoms with Gasteiger partial charge in [-0.2, -0.15) is 0 Å². The molecule has 0 saturated heterocycles.